The summed E-state index contributed by atoms with van der Waals surface area (Å²) in [5, 5.41) is 2.94. The number of ether oxygens (including phenoxy) is 1. The molecule has 3 rings (SSSR count). The van der Waals surface area contributed by atoms with Gasteiger partial charge in [0.15, 0.2) is 0 Å². The molecular formula is C29H34ClN3O5S. The number of halogens is 1. The maximum absolute atomic E-state index is 13.9. The van der Waals surface area contributed by atoms with Crippen LogP contribution in [0.4, 0.5) is 5.69 Å². The van der Waals surface area contributed by atoms with Crippen LogP contribution in [0.2, 0.25) is 5.02 Å². The highest BCUT2D eigenvalue weighted by Gasteiger charge is 2.32. The molecule has 0 bridgehead atoms. The molecule has 39 heavy (non-hydrogen) atoms. The number of benzene rings is 3. The van der Waals surface area contributed by atoms with Crippen molar-refractivity contribution in [2.24, 2.45) is 0 Å². The lowest BCUT2D eigenvalue weighted by molar-refractivity contribution is -0.139. The number of anilines is 1. The fourth-order valence-electron chi connectivity index (χ4n) is 3.97. The molecule has 3 aromatic carbocycles. The van der Waals surface area contributed by atoms with Crippen LogP contribution in [0.25, 0.3) is 0 Å². The first-order valence-corrected chi connectivity index (χ1v) is 14.4. The third kappa shape index (κ3) is 7.30. The maximum Gasteiger partial charge on any atom is 0.264 e. The van der Waals surface area contributed by atoms with Crippen molar-refractivity contribution < 1.29 is 22.7 Å². The smallest absolute Gasteiger partial charge is 0.264 e. The fourth-order valence-corrected chi connectivity index (χ4v) is 5.63. The van der Waals surface area contributed by atoms with Crippen molar-refractivity contribution in [2.45, 2.75) is 45.2 Å². The van der Waals surface area contributed by atoms with Gasteiger partial charge in [0.2, 0.25) is 11.8 Å². The molecule has 0 aromatic heterocycles. The first kappa shape index (κ1) is 30.0. The number of sulfonamides is 1. The molecule has 208 valence electrons. The van der Waals surface area contributed by atoms with Crippen LogP contribution in [-0.2, 0) is 26.2 Å². The molecule has 0 saturated heterocycles. The van der Waals surface area contributed by atoms with Gasteiger partial charge in [0.05, 0.1) is 22.7 Å². The van der Waals surface area contributed by atoms with E-state index in [1.807, 2.05) is 38.1 Å². The second kappa shape index (κ2) is 13.0. The van der Waals surface area contributed by atoms with Crippen molar-refractivity contribution >= 4 is 39.1 Å². The van der Waals surface area contributed by atoms with Crippen LogP contribution >= 0.6 is 11.6 Å². The van der Waals surface area contributed by atoms with E-state index >= 15 is 0 Å². The molecule has 2 amide bonds. The van der Waals surface area contributed by atoms with Crippen LogP contribution in [-0.4, -0.2) is 51.4 Å². The predicted molar refractivity (Wildman–Crippen MR) is 154 cm³/mol. The summed E-state index contributed by atoms with van der Waals surface area (Å²) in [6.45, 7) is 7.20. The Hall–Kier alpha value is -3.56. The number of rotatable bonds is 11. The van der Waals surface area contributed by atoms with E-state index in [2.05, 4.69) is 5.32 Å². The summed E-state index contributed by atoms with van der Waals surface area (Å²) in [7, 11) is -2.73. The summed E-state index contributed by atoms with van der Waals surface area (Å²) >= 11 is 6.34. The Bertz CT molecular complexity index is 1410. The van der Waals surface area contributed by atoms with Gasteiger partial charge in [-0.05, 0) is 63.6 Å². The summed E-state index contributed by atoms with van der Waals surface area (Å²) in [6.07, 6.45) is 0. The summed E-state index contributed by atoms with van der Waals surface area (Å²) in [5.74, 6) is -0.513. The van der Waals surface area contributed by atoms with Crippen molar-refractivity contribution in [2.75, 3.05) is 24.5 Å². The molecule has 0 fully saturated rings. The normalized spacial score (nSPS) is 11.9. The lowest BCUT2D eigenvalue weighted by Gasteiger charge is -2.32. The molecule has 0 unspecified atom stereocenters. The Labute approximate surface area is 235 Å². The number of nitrogens with one attached hydrogen (secondary N) is 1. The van der Waals surface area contributed by atoms with Crippen LogP contribution in [0.1, 0.15) is 30.5 Å². The van der Waals surface area contributed by atoms with Crippen molar-refractivity contribution in [1.82, 2.24) is 10.2 Å². The molecule has 0 aliphatic heterocycles. The number of amides is 2. The second-order valence-corrected chi connectivity index (χ2v) is 11.5. The molecule has 1 N–H and O–H groups in total. The summed E-state index contributed by atoms with van der Waals surface area (Å²) in [4.78, 5) is 28.1. The molecule has 0 saturated carbocycles. The fraction of sp³-hybridized carbons (Fsp3) is 0.310. The first-order valence-electron chi connectivity index (χ1n) is 12.5. The molecule has 0 aliphatic rings. The van der Waals surface area contributed by atoms with Gasteiger partial charge in [-0.25, -0.2) is 8.42 Å². The SMILES string of the molecule is CCNC(=O)[C@H](C)N(Cc1ccc(C)cc1)C(=O)CN(c1ccc(OC)c(Cl)c1)S(=O)(=O)c1ccc(C)cc1. The van der Waals surface area contributed by atoms with E-state index in [-0.39, 0.29) is 28.1 Å². The van der Waals surface area contributed by atoms with E-state index in [0.29, 0.717) is 12.3 Å². The molecule has 0 radical (unpaired) electrons. The van der Waals surface area contributed by atoms with Gasteiger partial charge in [-0.2, -0.15) is 0 Å². The zero-order chi connectivity index (χ0) is 28.7. The van der Waals surface area contributed by atoms with E-state index < -0.39 is 28.5 Å². The minimum Gasteiger partial charge on any atom is -0.495 e. The van der Waals surface area contributed by atoms with Gasteiger partial charge < -0.3 is 15.0 Å². The average Bonchev–Trinajstić information content (AvgIpc) is 2.91. The Morgan fingerprint density at radius 1 is 0.974 bits per heavy atom. The lowest BCUT2D eigenvalue weighted by Crippen LogP contribution is -2.51. The molecule has 0 spiro atoms. The van der Waals surface area contributed by atoms with Gasteiger partial charge in [0, 0.05) is 13.1 Å². The van der Waals surface area contributed by atoms with E-state index in [4.69, 9.17) is 16.3 Å². The quantitative estimate of drug-likeness (QED) is 0.359. The molecule has 1 atom stereocenters. The number of carbonyl (C=O) groups is 2. The Morgan fingerprint density at radius 2 is 1.56 bits per heavy atom. The number of methoxy groups -OCH3 is 1. The predicted octanol–water partition coefficient (Wildman–Crippen LogP) is 4.71. The maximum atomic E-state index is 13.9. The van der Waals surface area contributed by atoms with Gasteiger partial charge in [-0.15, -0.1) is 0 Å². The van der Waals surface area contributed by atoms with Crippen LogP contribution in [0, 0.1) is 13.8 Å². The monoisotopic (exact) mass is 571 g/mol. The van der Waals surface area contributed by atoms with Gasteiger partial charge in [0.25, 0.3) is 10.0 Å². The Morgan fingerprint density at radius 3 is 2.10 bits per heavy atom. The molecule has 8 nitrogen and oxygen atoms in total. The van der Waals surface area contributed by atoms with Gasteiger partial charge in [-0.1, -0.05) is 59.1 Å². The zero-order valence-corrected chi connectivity index (χ0v) is 24.3. The standard InChI is InChI=1S/C29H34ClN3O5S/c1-6-31-29(35)22(4)32(18-23-11-7-20(2)8-12-23)28(34)19-33(24-13-16-27(38-5)26(30)17-24)39(36,37)25-14-9-21(3)10-15-25/h7-17,22H,6,18-19H2,1-5H3,(H,31,35)/t22-/m0/s1. The largest absolute Gasteiger partial charge is 0.495 e. The number of aryl methyl sites for hydroxylation is 2. The number of hydrogen-bond donors (Lipinski definition) is 1. The molecule has 0 aliphatic carbocycles. The van der Waals surface area contributed by atoms with Crippen molar-refractivity contribution in [3.8, 4) is 5.75 Å². The van der Waals surface area contributed by atoms with Crippen LogP contribution < -0.4 is 14.4 Å². The Balaban J connectivity index is 2.06. The number of nitrogens with zero attached hydrogens (tertiary/aromatic N) is 2. The molecule has 0 heterocycles. The van der Waals surface area contributed by atoms with Gasteiger partial charge >= 0.3 is 0 Å². The highest BCUT2D eigenvalue weighted by Crippen LogP contribution is 2.32. The molecule has 10 heteroatoms. The van der Waals surface area contributed by atoms with Crippen LogP contribution in [0.3, 0.4) is 0 Å². The zero-order valence-electron chi connectivity index (χ0n) is 22.8. The number of likely N-dealkylation sites (N-methyl/N-ethyl adjacent to an activating group) is 1. The van der Waals surface area contributed by atoms with Crippen molar-refractivity contribution in [3.63, 3.8) is 0 Å². The van der Waals surface area contributed by atoms with Crippen molar-refractivity contribution in [3.05, 3.63) is 88.4 Å². The lowest BCUT2D eigenvalue weighted by atomic mass is 10.1. The summed E-state index contributed by atoms with van der Waals surface area (Å²) < 4.78 is 34.0. The van der Waals surface area contributed by atoms with E-state index in [0.717, 1.165) is 21.0 Å². The summed E-state index contributed by atoms with van der Waals surface area (Å²) in [5.41, 5.74) is 2.95. The average molecular weight is 572 g/mol. The highest BCUT2D eigenvalue weighted by atomic mass is 35.5. The van der Waals surface area contributed by atoms with Crippen LogP contribution in [0.5, 0.6) is 5.75 Å². The van der Waals surface area contributed by atoms with Crippen molar-refractivity contribution in [1.29, 1.82) is 0 Å². The minimum absolute atomic E-state index is 0.0229. The van der Waals surface area contributed by atoms with Gasteiger partial charge in [0.1, 0.15) is 18.3 Å². The van der Waals surface area contributed by atoms with Crippen LogP contribution in [0.15, 0.2) is 71.6 Å². The Kier molecular flexibility index (Phi) is 9.99. The van der Waals surface area contributed by atoms with E-state index in [1.54, 1.807) is 32.0 Å². The third-order valence-electron chi connectivity index (χ3n) is 6.30. The second-order valence-electron chi connectivity index (χ2n) is 9.22. The number of carbonyl (C=O) groups excluding carboxylic acids is 2. The van der Waals surface area contributed by atoms with E-state index in [9.17, 15) is 18.0 Å². The molecular weight excluding hydrogens is 538 g/mol. The van der Waals surface area contributed by atoms with Gasteiger partial charge in [-0.3, -0.25) is 13.9 Å². The highest BCUT2D eigenvalue weighted by molar-refractivity contribution is 7.92. The third-order valence-corrected chi connectivity index (χ3v) is 8.39. The first-order chi connectivity index (χ1) is 18.5. The van der Waals surface area contributed by atoms with E-state index in [1.165, 1.54) is 36.3 Å². The molecule has 3 aromatic rings. The minimum atomic E-state index is -4.18. The summed E-state index contributed by atoms with van der Waals surface area (Å²) in [6, 6.07) is 17.6. The number of hydrogen-bond acceptors (Lipinski definition) is 5. The topological polar surface area (TPSA) is 96.0 Å².